The van der Waals surface area contributed by atoms with Gasteiger partial charge in [-0.1, -0.05) is 30.3 Å². The molecule has 0 saturated heterocycles. The number of amides is 1. The van der Waals surface area contributed by atoms with Crippen LogP contribution in [0, 0.1) is 0 Å². The van der Waals surface area contributed by atoms with Crippen LogP contribution in [0.4, 0.5) is 0 Å². The van der Waals surface area contributed by atoms with E-state index in [-0.39, 0.29) is 5.56 Å². The molecule has 0 aliphatic rings. The number of nitrogens with zero attached hydrogens (tertiary/aromatic N) is 1. The summed E-state index contributed by atoms with van der Waals surface area (Å²) in [4.78, 5) is 24.6. The highest BCUT2D eigenvalue weighted by Crippen LogP contribution is 2.38. The Hall–Kier alpha value is -4.37. The number of aliphatic hydroxyl groups excluding tert-OH is 1. The second-order valence-corrected chi connectivity index (χ2v) is 6.92. The van der Waals surface area contributed by atoms with Crippen molar-refractivity contribution in [3.63, 3.8) is 0 Å². The summed E-state index contributed by atoms with van der Waals surface area (Å²) in [5.41, 5.74) is 3.62. The van der Waals surface area contributed by atoms with Gasteiger partial charge < -0.3 is 24.1 Å². The van der Waals surface area contributed by atoms with Crippen molar-refractivity contribution in [1.29, 1.82) is 0 Å². The van der Waals surface area contributed by atoms with E-state index in [9.17, 15) is 14.7 Å². The molecule has 2 N–H and O–H groups in total. The molecule has 1 atom stereocenters. The minimum absolute atomic E-state index is 0.222. The zero-order valence-electron chi connectivity index (χ0n) is 18.8. The van der Waals surface area contributed by atoms with Crippen LogP contribution in [-0.4, -0.2) is 44.5 Å². The van der Waals surface area contributed by atoms with Crippen LogP contribution >= 0.6 is 0 Å². The number of benzene rings is 3. The van der Waals surface area contributed by atoms with Gasteiger partial charge in [0.25, 0.3) is 5.91 Å². The largest absolute Gasteiger partial charge is 0.493 e. The third-order valence-corrected chi connectivity index (χ3v) is 4.74. The SMILES string of the molecule is COc1cc(C(=O)Oc2ccc(/C=N/NC(=O)C(O)c3ccccc3)cc2)cc(OC)c1OC. The summed E-state index contributed by atoms with van der Waals surface area (Å²) in [7, 11) is 4.38. The minimum Gasteiger partial charge on any atom is -0.493 e. The van der Waals surface area contributed by atoms with Gasteiger partial charge in [-0.15, -0.1) is 0 Å². The van der Waals surface area contributed by atoms with E-state index in [2.05, 4.69) is 10.5 Å². The smallest absolute Gasteiger partial charge is 0.343 e. The molecule has 0 heterocycles. The molecule has 0 spiro atoms. The molecule has 3 rings (SSSR count). The van der Waals surface area contributed by atoms with E-state index < -0.39 is 18.0 Å². The van der Waals surface area contributed by atoms with E-state index in [1.54, 1.807) is 54.6 Å². The van der Waals surface area contributed by atoms with E-state index in [0.29, 0.717) is 34.1 Å². The molecule has 1 amide bonds. The first kappa shape index (κ1) is 24.3. The predicted octanol–water partition coefficient (Wildman–Crippen LogP) is 3.12. The maximum Gasteiger partial charge on any atom is 0.343 e. The molecule has 34 heavy (non-hydrogen) atoms. The molecule has 0 aliphatic heterocycles. The van der Waals surface area contributed by atoms with E-state index in [0.717, 1.165) is 0 Å². The van der Waals surface area contributed by atoms with E-state index >= 15 is 0 Å². The molecule has 176 valence electrons. The monoisotopic (exact) mass is 464 g/mol. The summed E-state index contributed by atoms with van der Waals surface area (Å²) >= 11 is 0. The molecule has 0 fully saturated rings. The Kier molecular flexibility index (Phi) is 8.20. The van der Waals surface area contributed by atoms with Crippen LogP contribution in [-0.2, 0) is 4.79 Å². The second kappa shape index (κ2) is 11.5. The Labute approximate surface area is 196 Å². The second-order valence-electron chi connectivity index (χ2n) is 6.92. The van der Waals surface area contributed by atoms with Gasteiger partial charge in [-0.3, -0.25) is 4.79 Å². The van der Waals surface area contributed by atoms with E-state index in [4.69, 9.17) is 18.9 Å². The van der Waals surface area contributed by atoms with Crippen LogP contribution in [0.3, 0.4) is 0 Å². The number of carbonyl (C=O) groups is 2. The van der Waals surface area contributed by atoms with E-state index in [1.165, 1.54) is 39.7 Å². The van der Waals surface area contributed by atoms with Gasteiger partial charge in [0.1, 0.15) is 5.75 Å². The quantitative estimate of drug-likeness (QED) is 0.216. The first-order valence-corrected chi connectivity index (χ1v) is 10.1. The molecular weight excluding hydrogens is 440 g/mol. The van der Waals surface area contributed by atoms with Gasteiger partial charge in [0, 0.05) is 0 Å². The third kappa shape index (κ3) is 5.90. The minimum atomic E-state index is -1.32. The van der Waals surface area contributed by atoms with Crippen molar-refractivity contribution in [1.82, 2.24) is 5.43 Å². The summed E-state index contributed by atoms with van der Waals surface area (Å²) in [5.74, 6) is 0.0776. The van der Waals surface area contributed by atoms with Gasteiger partial charge in [-0.25, -0.2) is 10.2 Å². The Balaban J connectivity index is 1.61. The number of rotatable bonds is 9. The van der Waals surface area contributed by atoms with Crippen molar-refractivity contribution in [2.75, 3.05) is 21.3 Å². The van der Waals surface area contributed by atoms with Crippen molar-refractivity contribution in [2.24, 2.45) is 5.10 Å². The number of carbonyl (C=O) groups excluding carboxylic acids is 2. The lowest BCUT2D eigenvalue weighted by Gasteiger charge is -2.13. The summed E-state index contributed by atoms with van der Waals surface area (Å²) in [6, 6.07) is 18.0. The molecule has 3 aromatic carbocycles. The van der Waals surface area contributed by atoms with Crippen LogP contribution in [0.15, 0.2) is 71.8 Å². The first-order valence-electron chi connectivity index (χ1n) is 10.1. The molecule has 9 nitrogen and oxygen atoms in total. The number of ether oxygens (including phenoxy) is 4. The highest BCUT2D eigenvalue weighted by molar-refractivity contribution is 5.93. The fraction of sp³-hybridized carbons (Fsp3) is 0.160. The molecule has 0 aromatic heterocycles. The lowest BCUT2D eigenvalue weighted by Crippen LogP contribution is -2.25. The first-order chi connectivity index (χ1) is 16.5. The molecule has 0 saturated carbocycles. The lowest BCUT2D eigenvalue weighted by molar-refractivity contribution is -0.129. The topological polar surface area (TPSA) is 116 Å². The van der Waals surface area contributed by atoms with Gasteiger partial charge in [-0.05, 0) is 47.5 Å². The zero-order valence-corrected chi connectivity index (χ0v) is 18.8. The molecule has 9 heteroatoms. The van der Waals surface area contributed by atoms with Crippen molar-refractivity contribution in [3.8, 4) is 23.0 Å². The Bertz CT molecular complexity index is 1140. The average molecular weight is 464 g/mol. The summed E-state index contributed by atoms with van der Waals surface area (Å²) in [6.45, 7) is 0. The fourth-order valence-electron chi connectivity index (χ4n) is 3.01. The normalized spacial score (nSPS) is 11.5. The van der Waals surface area contributed by atoms with E-state index in [1.807, 2.05) is 0 Å². The third-order valence-electron chi connectivity index (χ3n) is 4.74. The van der Waals surface area contributed by atoms with Crippen LogP contribution in [0.5, 0.6) is 23.0 Å². The summed E-state index contributed by atoms with van der Waals surface area (Å²) in [6.07, 6.45) is 0.0794. The molecular formula is C25H24N2O7. The Morgan fingerprint density at radius 2 is 1.53 bits per heavy atom. The summed E-state index contributed by atoms with van der Waals surface area (Å²) < 4.78 is 21.2. The average Bonchev–Trinajstić information content (AvgIpc) is 2.88. The van der Waals surface area contributed by atoms with Crippen LogP contribution in [0.1, 0.15) is 27.6 Å². The van der Waals surface area contributed by atoms with Crippen LogP contribution < -0.4 is 24.4 Å². The van der Waals surface area contributed by atoms with Gasteiger partial charge in [0.2, 0.25) is 5.75 Å². The number of nitrogens with one attached hydrogen (secondary N) is 1. The maximum absolute atomic E-state index is 12.6. The van der Waals surface area contributed by atoms with Crippen molar-refractivity contribution in [3.05, 3.63) is 83.4 Å². The lowest BCUT2D eigenvalue weighted by atomic mass is 10.1. The van der Waals surface area contributed by atoms with Crippen molar-refractivity contribution >= 4 is 18.1 Å². The van der Waals surface area contributed by atoms with Crippen molar-refractivity contribution < 1.29 is 33.6 Å². The number of methoxy groups -OCH3 is 3. The Morgan fingerprint density at radius 3 is 2.09 bits per heavy atom. The van der Waals surface area contributed by atoms with Gasteiger partial charge >= 0.3 is 5.97 Å². The molecule has 1 unspecified atom stereocenters. The van der Waals surface area contributed by atoms with Crippen molar-refractivity contribution in [2.45, 2.75) is 6.10 Å². The number of esters is 1. The van der Waals surface area contributed by atoms with Crippen LogP contribution in [0.2, 0.25) is 0 Å². The van der Waals surface area contributed by atoms with Crippen LogP contribution in [0.25, 0.3) is 0 Å². The zero-order chi connectivity index (χ0) is 24.5. The number of hydrogen-bond acceptors (Lipinski definition) is 8. The number of aliphatic hydroxyl groups is 1. The highest BCUT2D eigenvalue weighted by Gasteiger charge is 2.18. The van der Waals surface area contributed by atoms with Gasteiger partial charge in [-0.2, -0.15) is 5.10 Å². The molecule has 3 aromatic rings. The molecule has 0 radical (unpaired) electrons. The van der Waals surface area contributed by atoms with Gasteiger partial charge in [0.15, 0.2) is 17.6 Å². The number of hydrogen-bond donors (Lipinski definition) is 2. The molecule has 0 bridgehead atoms. The summed E-state index contributed by atoms with van der Waals surface area (Å²) in [5, 5.41) is 13.9. The van der Waals surface area contributed by atoms with Gasteiger partial charge in [0.05, 0.1) is 33.1 Å². The standard InChI is InChI=1S/C25H24N2O7/c1-31-20-13-18(14-21(32-2)23(20)33-3)25(30)34-19-11-9-16(10-12-19)15-26-27-24(29)22(28)17-7-5-4-6-8-17/h4-15,22,28H,1-3H3,(H,27,29)/b26-15+. The Morgan fingerprint density at radius 1 is 0.912 bits per heavy atom. The fourth-order valence-corrected chi connectivity index (χ4v) is 3.01. The number of hydrazone groups is 1. The molecule has 0 aliphatic carbocycles. The predicted molar refractivity (Wildman–Crippen MR) is 125 cm³/mol. The highest BCUT2D eigenvalue weighted by atomic mass is 16.5. The maximum atomic E-state index is 12.6.